The maximum Gasteiger partial charge on any atom is 0.387 e. The Labute approximate surface area is 87.2 Å². The van der Waals surface area contributed by atoms with Gasteiger partial charge in [0, 0.05) is 12.6 Å². The minimum Gasteiger partial charge on any atom is -0.435 e. The van der Waals surface area contributed by atoms with Crippen molar-refractivity contribution in [2.75, 3.05) is 0 Å². The van der Waals surface area contributed by atoms with E-state index in [0.29, 0.717) is 12.6 Å². The van der Waals surface area contributed by atoms with Crippen molar-refractivity contribution in [3.8, 4) is 5.75 Å². The molecule has 0 bridgehead atoms. The quantitative estimate of drug-likeness (QED) is 0.811. The molecule has 1 aliphatic carbocycles. The molecule has 0 saturated heterocycles. The van der Waals surface area contributed by atoms with Gasteiger partial charge in [-0.25, -0.2) is 0 Å². The van der Waals surface area contributed by atoms with Crippen LogP contribution in [0, 0.1) is 0 Å². The number of hydrogen-bond donors (Lipinski definition) is 1. The lowest BCUT2D eigenvalue weighted by Gasteiger charge is -2.07. The van der Waals surface area contributed by atoms with Crippen LogP contribution in [0.1, 0.15) is 18.4 Å². The second-order valence-corrected chi connectivity index (χ2v) is 3.68. The van der Waals surface area contributed by atoms with Crippen LogP contribution < -0.4 is 10.1 Å². The zero-order valence-corrected chi connectivity index (χ0v) is 8.25. The van der Waals surface area contributed by atoms with E-state index in [-0.39, 0.29) is 5.75 Å². The van der Waals surface area contributed by atoms with Crippen LogP contribution in [0.15, 0.2) is 24.3 Å². The molecule has 1 fully saturated rings. The van der Waals surface area contributed by atoms with E-state index in [4.69, 9.17) is 0 Å². The highest BCUT2D eigenvalue weighted by atomic mass is 19.3. The lowest BCUT2D eigenvalue weighted by atomic mass is 10.2. The lowest BCUT2D eigenvalue weighted by molar-refractivity contribution is -0.0498. The molecule has 0 aliphatic heterocycles. The van der Waals surface area contributed by atoms with Crippen molar-refractivity contribution < 1.29 is 13.5 Å². The molecule has 0 radical (unpaired) electrons. The minimum absolute atomic E-state index is 0.222. The predicted octanol–water partition coefficient (Wildman–Crippen LogP) is 2.54. The molecule has 0 heterocycles. The molecule has 1 N–H and O–H groups in total. The van der Waals surface area contributed by atoms with Gasteiger partial charge in [0.15, 0.2) is 0 Å². The number of hydrogen-bond acceptors (Lipinski definition) is 2. The van der Waals surface area contributed by atoms with Crippen LogP contribution in [0.4, 0.5) is 8.78 Å². The normalized spacial score (nSPS) is 15.7. The summed E-state index contributed by atoms with van der Waals surface area (Å²) in [4.78, 5) is 0. The standard InChI is InChI=1S/C11H13F2NO/c12-11(13)15-10-3-1-2-8(6-10)7-14-9-4-5-9/h1-3,6,9,11,14H,4-5,7H2. The third-order valence-corrected chi connectivity index (χ3v) is 2.30. The molecular formula is C11H13F2NO. The number of ether oxygens (including phenoxy) is 1. The van der Waals surface area contributed by atoms with Crippen LogP contribution in [0.3, 0.4) is 0 Å². The Bertz CT molecular complexity index is 326. The van der Waals surface area contributed by atoms with Gasteiger partial charge in [-0.3, -0.25) is 0 Å². The van der Waals surface area contributed by atoms with Gasteiger partial charge in [0.2, 0.25) is 0 Å². The van der Waals surface area contributed by atoms with E-state index in [0.717, 1.165) is 5.56 Å². The summed E-state index contributed by atoms with van der Waals surface area (Å²) in [6, 6.07) is 7.41. The summed E-state index contributed by atoms with van der Waals surface area (Å²) in [5, 5.41) is 3.31. The van der Waals surface area contributed by atoms with Crippen molar-refractivity contribution in [2.45, 2.75) is 32.0 Å². The third kappa shape index (κ3) is 3.47. The molecule has 1 aromatic rings. The SMILES string of the molecule is FC(F)Oc1cccc(CNC2CC2)c1. The van der Waals surface area contributed by atoms with E-state index in [9.17, 15) is 8.78 Å². The van der Waals surface area contributed by atoms with Gasteiger partial charge in [0.25, 0.3) is 0 Å². The monoisotopic (exact) mass is 213 g/mol. The number of benzene rings is 1. The van der Waals surface area contributed by atoms with Gasteiger partial charge in [0.05, 0.1) is 0 Å². The fourth-order valence-electron chi connectivity index (χ4n) is 1.38. The van der Waals surface area contributed by atoms with E-state index in [1.54, 1.807) is 12.1 Å². The Hall–Kier alpha value is -1.16. The number of rotatable bonds is 5. The van der Waals surface area contributed by atoms with Crippen LogP contribution in [-0.2, 0) is 6.54 Å². The average Bonchev–Trinajstić information content (AvgIpc) is 2.97. The Morgan fingerprint density at radius 3 is 2.87 bits per heavy atom. The molecule has 0 aromatic heterocycles. The summed E-state index contributed by atoms with van der Waals surface area (Å²) in [7, 11) is 0. The number of alkyl halides is 2. The first-order valence-corrected chi connectivity index (χ1v) is 5.01. The largest absolute Gasteiger partial charge is 0.435 e. The van der Waals surface area contributed by atoms with E-state index < -0.39 is 6.61 Å². The van der Waals surface area contributed by atoms with Gasteiger partial charge in [-0.15, -0.1) is 0 Å². The highest BCUT2D eigenvalue weighted by Crippen LogP contribution is 2.20. The maximum absolute atomic E-state index is 11.9. The fourth-order valence-corrected chi connectivity index (χ4v) is 1.38. The van der Waals surface area contributed by atoms with Crippen LogP contribution in [0.5, 0.6) is 5.75 Å². The maximum atomic E-state index is 11.9. The molecule has 0 unspecified atom stereocenters. The first kappa shape index (κ1) is 10.4. The topological polar surface area (TPSA) is 21.3 Å². The molecule has 0 atom stereocenters. The van der Waals surface area contributed by atoms with Crippen molar-refractivity contribution in [3.05, 3.63) is 29.8 Å². The van der Waals surface area contributed by atoms with E-state index in [2.05, 4.69) is 10.1 Å². The van der Waals surface area contributed by atoms with Gasteiger partial charge < -0.3 is 10.1 Å². The van der Waals surface area contributed by atoms with Gasteiger partial charge >= 0.3 is 6.61 Å². The molecule has 2 nitrogen and oxygen atoms in total. The highest BCUT2D eigenvalue weighted by molar-refractivity contribution is 5.28. The van der Waals surface area contributed by atoms with Crippen LogP contribution >= 0.6 is 0 Å². The Morgan fingerprint density at radius 1 is 1.40 bits per heavy atom. The second-order valence-electron chi connectivity index (χ2n) is 3.68. The molecule has 1 saturated carbocycles. The molecule has 4 heteroatoms. The van der Waals surface area contributed by atoms with Crippen molar-refractivity contribution in [1.29, 1.82) is 0 Å². The Morgan fingerprint density at radius 2 is 2.20 bits per heavy atom. The molecule has 0 amide bonds. The number of halogens is 2. The van der Waals surface area contributed by atoms with Crippen LogP contribution in [0.2, 0.25) is 0 Å². The Balaban J connectivity index is 1.91. The third-order valence-electron chi connectivity index (χ3n) is 2.30. The fraction of sp³-hybridized carbons (Fsp3) is 0.455. The molecule has 82 valence electrons. The molecule has 1 aromatic carbocycles. The number of nitrogens with one attached hydrogen (secondary N) is 1. The van der Waals surface area contributed by atoms with Gasteiger partial charge in [-0.05, 0) is 30.5 Å². The minimum atomic E-state index is -2.75. The molecule has 2 rings (SSSR count). The summed E-state index contributed by atoms with van der Waals surface area (Å²) < 4.78 is 28.2. The molecular weight excluding hydrogens is 200 g/mol. The summed E-state index contributed by atoms with van der Waals surface area (Å²) in [5.74, 6) is 0.222. The summed E-state index contributed by atoms with van der Waals surface area (Å²) in [5.41, 5.74) is 0.972. The van der Waals surface area contributed by atoms with Crippen molar-refractivity contribution >= 4 is 0 Å². The van der Waals surface area contributed by atoms with E-state index in [1.165, 1.54) is 18.9 Å². The average molecular weight is 213 g/mol. The van der Waals surface area contributed by atoms with Gasteiger partial charge in [-0.1, -0.05) is 12.1 Å². The van der Waals surface area contributed by atoms with Crippen LogP contribution in [-0.4, -0.2) is 12.7 Å². The first-order valence-electron chi connectivity index (χ1n) is 5.01. The lowest BCUT2D eigenvalue weighted by Crippen LogP contribution is -2.15. The zero-order valence-electron chi connectivity index (χ0n) is 8.25. The summed E-state index contributed by atoms with van der Waals surface area (Å²) in [6.45, 7) is -2.04. The zero-order chi connectivity index (χ0) is 10.7. The second kappa shape index (κ2) is 4.57. The predicted molar refractivity (Wildman–Crippen MR) is 52.9 cm³/mol. The van der Waals surface area contributed by atoms with E-state index >= 15 is 0 Å². The first-order chi connectivity index (χ1) is 7.24. The smallest absolute Gasteiger partial charge is 0.387 e. The Kier molecular flexibility index (Phi) is 3.16. The van der Waals surface area contributed by atoms with Gasteiger partial charge in [-0.2, -0.15) is 8.78 Å². The highest BCUT2D eigenvalue weighted by Gasteiger charge is 2.19. The summed E-state index contributed by atoms with van der Waals surface area (Å²) >= 11 is 0. The van der Waals surface area contributed by atoms with Crippen molar-refractivity contribution in [1.82, 2.24) is 5.32 Å². The van der Waals surface area contributed by atoms with Crippen molar-refractivity contribution in [3.63, 3.8) is 0 Å². The van der Waals surface area contributed by atoms with Crippen LogP contribution in [0.25, 0.3) is 0 Å². The molecule has 0 spiro atoms. The van der Waals surface area contributed by atoms with Gasteiger partial charge in [0.1, 0.15) is 5.75 Å². The summed E-state index contributed by atoms with van der Waals surface area (Å²) in [6.07, 6.45) is 2.43. The molecule has 15 heavy (non-hydrogen) atoms. The van der Waals surface area contributed by atoms with Crippen molar-refractivity contribution in [2.24, 2.45) is 0 Å². The van der Waals surface area contributed by atoms with E-state index in [1.807, 2.05) is 6.07 Å². The molecule has 1 aliphatic rings.